The molecular formula is C16H25NO2. The fourth-order valence-corrected chi connectivity index (χ4v) is 2.35. The minimum absolute atomic E-state index is 0.153. The first-order valence-corrected chi connectivity index (χ1v) is 6.96. The molecule has 0 aliphatic carbocycles. The molecule has 1 unspecified atom stereocenters. The van der Waals surface area contributed by atoms with Gasteiger partial charge in [-0.25, -0.2) is 0 Å². The third-order valence-corrected chi connectivity index (χ3v) is 3.63. The molecule has 0 saturated heterocycles. The lowest BCUT2D eigenvalue weighted by Crippen LogP contribution is -2.16. The van der Waals surface area contributed by atoms with Crippen LogP contribution in [0.5, 0.6) is 5.75 Å². The zero-order chi connectivity index (χ0) is 14.3. The van der Waals surface area contributed by atoms with Crippen molar-refractivity contribution in [2.75, 3.05) is 13.7 Å². The molecule has 106 valence electrons. The van der Waals surface area contributed by atoms with E-state index in [4.69, 9.17) is 10.5 Å². The molecule has 0 aliphatic rings. The normalized spacial score (nSPS) is 12.5. The average Bonchev–Trinajstić information content (AvgIpc) is 2.42. The Labute approximate surface area is 116 Å². The number of hydrogen-bond acceptors (Lipinski definition) is 3. The Morgan fingerprint density at radius 2 is 1.95 bits per heavy atom. The number of nitrogens with two attached hydrogens (primary N) is 1. The van der Waals surface area contributed by atoms with Gasteiger partial charge in [-0.3, -0.25) is 4.79 Å². The number of ketones is 1. The molecule has 0 amide bonds. The minimum atomic E-state index is 0.153. The Morgan fingerprint density at radius 1 is 1.26 bits per heavy atom. The van der Waals surface area contributed by atoms with Gasteiger partial charge in [0.2, 0.25) is 0 Å². The first-order chi connectivity index (χ1) is 9.10. The summed E-state index contributed by atoms with van der Waals surface area (Å²) < 4.78 is 5.23. The Morgan fingerprint density at radius 3 is 2.53 bits per heavy atom. The number of carbonyl (C=O) groups excluding carboxylic acids is 1. The smallest absolute Gasteiger partial charge is 0.166 e. The van der Waals surface area contributed by atoms with Crippen LogP contribution < -0.4 is 10.5 Å². The summed E-state index contributed by atoms with van der Waals surface area (Å²) in [5, 5.41) is 0. The van der Waals surface area contributed by atoms with Gasteiger partial charge in [-0.15, -0.1) is 0 Å². The third-order valence-electron chi connectivity index (χ3n) is 3.63. The Balaban J connectivity index is 2.64. The molecule has 1 atom stereocenters. The van der Waals surface area contributed by atoms with E-state index in [2.05, 4.69) is 13.8 Å². The molecule has 0 heterocycles. The maximum absolute atomic E-state index is 12.2. The van der Waals surface area contributed by atoms with Gasteiger partial charge in [0.25, 0.3) is 0 Å². The van der Waals surface area contributed by atoms with Crippen molar-refractivity contribution in [3.63, 3.8) is 0 Å². The number of carbonyl (C=O) groups is 1. The maximum atomic E-state index is 12.2. The largest absolute Gasteiger partial charge is 0.496 e. The van der Waals surface area contributed by atoms with E-state index >= 15 is 0 Å². The first kappa shape index (κ1) is 15.7. The van der Waals surface area contributed by atoms with E-state index in [0.29, 0.717) is 36.1 Å². The highest BCUT2D eigenvalue weighted by Gasteiger charge is 2.17. The van der Waals surface area contributed by atoms with Crippen molar-refractivity contribution in [3.8, 4) is 5.75 Å². The van der Waals surface area contributed by atoms with E-state index in [0.717, 1.165) is 12.8 Å². The summed E-state index contributed by atoms with van der Waals surface area (Å²) >= 11 is 0. The molecule has 1 aromatic rings. The van der Waals surface area contributed by atoms with Crippen LogP contribution >= 0.6 is 0 Å². The number of benzene rings is 1. The summed E-state index contributed by atoms with van der Waals surface area (Å²) in [5.74, 6) is 1.89. The van der Waals surface area contributed by atoms with Crippen molar-refractivity contribution < 1.29 is 9.53 Å². The molecule has 0 radical (unpaired) electrons. The van der Waals surface area contributed by atoms with Crippen LogP contribution in [0, 0.1) is 11.8 Å². The van der Waals surface area contributed by atoms with Gasteiger partial charge in [-0.05, 0) is 43.4 Å². The van der Waals surface area contributed by atoms with Crippen LogP contribution in [0.15, 0.2) is 24.3 Å². The molecule has 0 saturated carbocycles. The number of Topliss-reactive ketones (excluding diaryl/α,β-unsaturated/α-hetero) is 1. The van der Waals surface area contributed by atoms with E-state index in [1.807, 2.05) is 24.3 Å². The average molecular weight is 263 g/mol. The zero-order valence-corrected chi connectivity index (χ0v) is 12.2. The SMILES string of the molecule is COc1ccccc1C(=O)CCC(CCN)C(C)C. The predicted octanol–water partition coefficient (Wildman–Crippen LogP) is 3.28. The van der Waals surface area contributed by atoms with Gasteiger partial charge in [0, 0.05) is 6.42 Å². The Hall–Kier alpha value is -1.35. The number of methoxy groups -OCH3 is 1. The van der Waals surface area contributed by atoms with Crippen LogP contribution in [0.3, 0.4) is 0 Å². The van der Waals surface area contributed by atoms with Gasteiger partial charge < -0.3 is 10.5 Å². The lowest BCUT2D eigenvalue weighted by Gasteiger charge is -2.19. The van der Waals surface area contributed by atoms with E-state index in [1.54, 1.807) is 7.11 Å². The van der Waals surface area contributed by atoms with Crippen LogP contribution in [-0.4, -0.2) is 19.4 Å². The van der Waals surface area contributed by atoms with Crippen LogP contribution in [0.4, 0.5) is 0 Å². The van der Waals surface area contributed by atoms with Gasteiger partial charge in [-0.1, -0.05) is 26.0 Å². The van der Waals surface area contributed by atoms with Crippen molar-refractivity contribution in [3.05, 3.63) is 29.8 Å². The van der Waals surface area contributed by atoms with Crippen molar-refractivity contribution in [2.45, 2.75) is 33.1 Å². The monoisotopic (exact) mass is 263 g/mol. The molecule has 0 aromatic heterocycles. The van der Waals surface area contributed by atoms with Gasteiger partial charge >= 0.3 is 0 Å². The molecule has 0 fully saturated rings. The van der Waals surface area contributed by atoms with Crippen LogP contribution in [0.2, 0.25) is 0 Å². The number of ether oxygens (including phenoxy) is 1. The van der Waals surface area contributed by atoms with Crippen molar-refractivity contribution in [1.29, 1.82) is 0 Å². The molecule has 2 N–H and O–H groups in total. The van der Waals surface area contributed by atoms with Gasteiger partial charge in [0.15, 0.2) is 5.78 Å². The predicted molar refractivity (Wildman–Crippen MR) is 78.6 cm³/mol. The van der Waals surface area contributed by atoms with Gasteiger partial charge in [0.1, 0.15) is 5.75 Å². The second-order valence-electron chi connectivity index (χ2n) is 5.24. The molecule has 1 aromatic carbocycles. The standard InChI is InChI=1S/C16H25NO2/c1-12(2)13(10-11-17)8-9-15(18)14-6-4-5-7-16(14)19-3/h4-7,12-13H,8-11,17H2,1-3H3. The Kier molecular flexibility index (Phi) is 6.57. The second kappa shape index (κ2) is 7.95. The molecule has 3 heteroatoms. The molecule has 19 heavy (non-hydrogen) atoms. The topological polar surface area (TPSA) is 52.3 Å². The number of hydrogen-bond donors (Lipinski definition) is 1. The number of rotatable bonds is 8. The summed E-state index contributed by atoms with van der Waals surface area (Å²) in [6.07, 6.45) is 2.44. The van der Waals surface area contributed by atoms with E-state index in [1.165, 1.54) is 0 Å². The van der Waals surface area contributed by atoms with Crippen molar-refractivity contribution in [2.24, 2.45) is 17.6 Å². The molecule has 0 aliphatic heterocycles. The highest BCUT2D eigenvalue weighted by atomic mass is 16.5. The molecular weight excluding hydrogens is 238 g/mol. The molecule has 0 bridgehead atoms. The summed E-state index contributed by atoms with van der Waals surface area (Å²) in [5.41, 5.74) is 6.31. The van der Waals surface area contributed by atoms with E-state index < -0.39 is 0 Å². The van der Waals surface area contributed by atoms with Crippen LogP contribution in [0.1, 0.15) is 43.5 Å². The molecule has 0 spiro atoms. The summed E-state index contributed by atoms with van der Waals surface area (Å²) in [6.45, 7) is 5.06. The second-order valence-corrected chi connectivity index (χ2v) is 5.24. The fraction of sp³-hybridized carbons (Fsp3) is 0.562. The highest BCUT2D eigenvalue weighted by molar-refractivity contribution is 5.98. The van der Waals surface area contributed by atoms with E-state index in [-0.39, 0.29) is 5.78 Å². The highest BCUT2D eigenvalue weighted by Crippen LogP contribution is 2.24. The fourth-order valence-electron chi connectivity index (χ4n) is 2.35. The minimum Gasteiger partial charge on any atom is -0.496 e. The van der Waals surface area contributed by atoms with Crippen molar-refractivity contribution in [1.82, 2.24) is 0 Å². The summed E-state index contributed by atoms with van der Waals surface area (Å²) in [6, 6.07) is 7.40. The van der Waals surface area contributed by atoms with Gasteiger partial charge in [0.05, 0.1) is 12.7 Å². The molecule has 3 nitrogen and oxygen atoms in total. The van der Waals surface area contributed by atoms with Crippen LogP contribution in [0.25, 0.3) is 0 Å². The lowest BCUT2D eigenvalue weighted by atomic mass is 9.87. The lowest BCUT2D eigenvalue weighted by molar-refractivity contribution is 0.0966. The molecule has 1 rings (SSSR count). The van der Waals surface area contributed by atoms with Gasteiger partial charge in [-0.2, -0.15) is 0 Å². The summed E-state index contributed by atoms with van der Waals surface area (Å²) in [4.78, 5) is 12.2. The summed E-state index contributed by atoms with van der Waals surface area (Å²) in [7, 11) is 1.59. The number of para-hydroxylation sites is 1. The quantitative estimate of drug-likeness (QED) is 0.732. The Bertz CT molecular complexity index is 401. The van der Waals surface area contributed by atoms with E-state index in [9.17, 15) is 4.79 Å². The first-order valence-electron chi connectivity index (χ1n) is 6.96. The van der Waals surface area contributed by atoms with Crippen LogP contribution in [-0.2, 0) is 0 Å². The van der Waals surface area contributed by atoms with Crippen molar-refractivity contribution >= 4 is 5.78 Å². The maximum Gasteiger partial charge on any atom is 0.166 e. The third kappa shape index (κ3) is 4.67. The zero-order valence-electron chi connectivity index (χ0n) is 12.2.